The van der Waals surface area contributed by atoms with Gasteiger partial charge in [0, 0.05) is 45.0 Å². The normalized spacial score (nSPS) is 20.9. The Hall–Kier alpha value is -2.61. The smallest absolute Gasteiger partial charge is 0.307 e. The number of methoxy groups -OCH3 is 1. The van der Waals surface area contributed by atoms with Gasteiger partial charge in [-0.1, -0.05) is 18.2 Å². The second-order valence-corrected chi connectivity index (χ2v) is 6.76. The molecule has 1 aromatic carbocycles. The number of piperazine rings is 2. The molecule has 8 heteroatoms. The van der Waals surface area contributed by atoms with Crippen LogP contribution in [-0.2, 0) is 19.1 Å². The lowest BCUT2D eigenvalue weighted by molar-refractivity contribution is -0.147. The number of nitrogens with zero attached hydrogens (tertiary/aromatic N) is 3. The van der Waals surface area contributed by atoms with Gasteiger partial charge in [-0.2, -0.15) is 0 Å². The lowest BCUT2D eigenvalue weighted by Crippen LogP contribution is -2.59. The molecular formula is C19H26N4O4. The Morgan fingerprint density at radius 3 is 2.48 bits per heavy atom. The van der Waals surface area contributed by atoms with Crippen LogP contribution < -0.4 is 10.2 Å². The third-order valence-corrected chi connectivity index (χ3v) is 5.12. The second-order valence-electron chi connectivity index (χ2n) is 6.76. The summed E-state index contributed by atoms with van der Waals surface area (Å²) in [5, 5.41) is 2.75. The van der Waals surface area contributed by atoms with Crippen molar-refractivity contribution >= 4 is 23.5 Å². The van der Waals surface area contributed by atoms with Gasteiger partial charge >= 0.3 is 5.97 Å². The molecule has 0 aromatic heterocycles. The molecule has 2 amide bonds. The molecule has 2 aliphatic heterocycles. The van der Waals surface area contributed by atoms with Gasteiger partial charge in [0.25, 0.3) is 0 Å². The predicted molar refractivity (Wildman–Crippen MR) is 100 cm³/mol. The third kappa shape index (κ3) is 4.77. The van der Waals surface area contributed by atoms with Gasteiger partial charge in [-0.15, -0.1) is 0 Å². The molecular weight excluding hydrogens is 348 g/mol. The molecule has 2 heterocycles. The van der Waals surface area contributed by atoms with Crippen molar-refractivity contribution in [2.75, 3.05) is 57.8 Å². The van der Waals surface area contributed by atoms with Crippen LogP contribution in [-0.4, -0.2) is 86.5 Å². The molecule has 1 atom stereocenters. The summed E-state index contributed by atoms with van der Waals surface area (Å²) in [5.74, 6) is -0.688. The van der Waals surface area contributed by atoms with E-state index in [9.17, 15) is 14.4 Å². The van der Waals surface area contributed by atoms with E-state index in [1.165, 1.54) is 7.11 Å². The van der Waals surface area contributed by atoms with Crippen molar-refractivity contribution in [3.63, 3.8) is 0 Å². The number of carbonyl (C=O) groups excluding carboxylic acids is 3. The van der Waals surface area contributed by atoms with Crippen molar-refractivity contribution in [1.82, 2.24) is 15.1 Å². The zero-order chi connectivity index (χ0) is 19.2. The van der Waals surface area contributed by atoms with E-state index in [1.54, 1.807) is 4.90 Å². The minimum atomic E-state index is -0.652. The van der Waals surface area contributed by atoms with Gasteiger partial charge in [0.2, 0.25) is 11.8 Å². The van der Waals surface area contributed by atoms with Crippen LogP contribution >= 0.6 is 0 Å². The highest BCUT2D eigenvalue weighted by atomic mass is 16.5. The molecule has 2 saturated heterocycles. The quantitative estimate of drug-likeness (QED) is 0.713. The number of amides is 2. The molecule has 0 aliphatic carbocycles. The van der Waals surface area contributed by atoms with E-state index in [4.69, 9.17) is 0 Å². The summed E-state index contributed by atoms with van der Waals surface area (Å²) in [5.41, 5.74) is 1.16. The number of esters is 1. The zero-order valence-electron chi connectivity index (χ0n) is 15.6. The van der Waals surface area contributed by atoms with Gasteiger partial charge in [0.05, 0.1) is 20.1 Å². The molecule has 1 N–H and O–H groups in total. The Kier molecular flexibility index (Phi) is 6.28. The molecule has 3 rings (SSSR count). The fourth-order valence-corrected chi connectivity index (χ4v) is 3.54. The standard InChI is InChI=1S/C19H26N4O4/c1-27-18(25)13-16-19(26)20-7-8-23(16)14-17(24)22-11-9-21(10-12-22)15-5-3-2-4-6-15/h2-6,16H,7-14H2,1H3,(H,20,26)/t16-/m1/s1. The summed E-state index contributed by atoms with van der Waals surface area (Å²) in [6.07, 6.45) is -0.0442. The number of carbonyl (C=O) groups is 3. The first kappa shape index (κ1) is 19.2. The summed E-state index contributed by atoms with van der Waals surface area (Å²) in [6, 6.07) is 9.50. The number of hydrogen-bond donors (Lipinski definition) is 1. The average Bonchev–Trinajstić information content (AvgIpc) is 2.71. The molecule has 0 bridgehead atoms. The lowest BCUT2D eigenvalue weighted by atomic mass is 10.1. The Labute approximate surface area is 159 Å². The Morgan fingerprint density at radius 2 is 1.81 bits per heavy atom. The fraction of sp³-hybridized carbons (Fsp3) is 0.526. The van der Waals surface area contributed by atoms with Gasteiger partial charge in [-0.25, -0.2) is 0 Å². The van der Waals surface area contributed by atoms with Crippen molar-refractivity contribution in [2.24, 2.45) is 0 Å². The van der Waals surface area contributed by atoms with Crippen LogP contribution in [0.15, 0.2) is 30.3 Å². The molecule has 0 radical (unpaired) electrons. The minimum absolute atomic E-state index is 0.00715. The summed E-state index contributed by atoms with van der Waals surface area (Å²) >= 11 is 0. The maximum atomic E-state index is 12.7. The molecule has 146 valence electrons. The third-order valence-electron chi connectivity index (χ3n) is 5.12. The van der Waals surface area contributed by atoms with E-state index in [-0.39, 0.29) is 24.8 Å². The topological polar surface area (TPSA) is 82.2 Å². The van der Waals surface area contributed by atoms with E-state index in [0.29, 0.717) is 26.2 Å². The molecule has 0 spiro atoms. The molecule has 27 heavy (non-hydrogen) atoms. The van der Waals surface area contributed by atoms with Crippen LogP contribution in [0.25, 0.3) is 0 Å². The van der Waals surface area contributed by atoms with Crippen LogP contribution in [0.1, 0.15) is 6.42 Å². The fourth-order valence-electron chi connectivity index (χ4n) is 3.54. The van der Waals surface area contributed by atoms with Crippen molar-refractivity contribution in [2.45, 2.75) is 12.5 Å². The monoisotopic (exact) mass is 374 g/mol. The van der Waals surface area contributed by atoms with Crippen molar-refractivity contribution in [1.29, 1.82) is 0 Å². The Morgan fingerprint density at radius 1 is 1.11 bits per heavy atom. The van der Waals surface area contributed by atoms with Gasteiger partial charge in [0.1, 0.15) is 6.04 Å². The minimum Gasteiger partial charge on any atom is -0.469 e. The number of para-hydroxylation sites is 1. The number of anilines is 1. The molecule has 0 unspecified atom stereocenters. The number of hydrogen-bond acceptors (Lipinski definition) is 6. The molecule has 1 aromatic rings. The molecule has 2 aliphatic rings. The maximum Gasteiger partial charge on any atom is 0.307 e. The zero-order valence-corrected chi connectivity index (χ0v) is 15.6. The van der Waals surface area contributed by atoms with E-state index in [0.717, 1.165) is 18.8 Å². The van der Waals surface area contributed by atoms with E-state index in [1.807, 2.05) is 23.1 Å². The summed E-state index contributed by atoms with van der Waals surface area (Å²) in [4.78, 5) is 42.3. The van der Waals surface area contributed by atoms with E-state index in [2.05, 4.69) is 27.1 Å². The van der Waals surface area contributed by atoms with E-state index >= 15 is 0 Å². The van der Waals surface area contributed by atoms with Gasteiger partial charge < -0.3 is 19.9 Å². The van der Waals surface area contributed by atoms with Crippen LogP contribution in [0, 0.1) is 0 Å². The largest absolute Gasteiger partial charge is 0.469 e. The Balaban J connectivity index is 1.55. The van der Waals surface area contributed by atoms with Crippen LogP contribution in [0.3, 0.4) is 0 Å². The van der Waals surface area contributed by atoms with Gasteiger partial charge in [-0.05, 0) is 12.1 Å². The highest BCUT2D eigenvalue weighted by Gasteiger charge is 2.34. The van der Waals surface area contributed by atoms with Crippen molar-refractivity contribution in [3.8, 4) is 0 Å². The van der Waals surface area contributed by atoms with Crippen LogP contribution in [0.4, 0.5) is 5.69 Å². The van der Waals surface area contributed by atoms with Crippen LogP contribution in [0.2, 0.25) is 0 Å². The highest BCUT2D eigenvalue weighted by molar-refractivity contribution is 5.88. The second kappa shape index (κ2) is 8.85. The molecule has 8 nitrogen and oxygen atoms in total. The number of benzene rings is 1. The number of rotatable bonds is 5. The number of ether oxygens (including phenoxy) is 1. The van der Waals surface area contributed by atoms with Gasteiger partial charge in [-0.3, -0.25) is 19.3 Å². The highest BCUT2D eigenvalue weighted by Crippen LogP contribution is 2.16. The Bertz CT molecular complexity index is 674. The summed E-state index contributed by atoms with van der Waals surface area (Å²) in [7, 11) is 1.30. The first-order valence-corrected chi connectivity index (χ1v) is 9.25. The molecule has 2 fully saturated rings. The molecule has 0 saturated carbocycles. The van der Waals surface area contributed by atoms with Crippen LogP contribution in [0.5, 0.6) is 0 Å². The van der Waals surface area contributed by atoms with Crippen molar-refractivity contribution < 1.29 is 19.1 Å². The lowest BCUT2D eigenvalue weighted by Gasteiger charge is -2.39. The first-order valence-electron chi connectivity index (χ1n) is 9.25. The SMILES string of the molecule is COC(=O)C[C@@H]1C(=O)NCCN1CC(=O)N1CCN(c2ccccc2)CC1. The summed E-state index contributed by atoms with van der Waals surface area (Å²) < 4.78 is 4.68. The van der Waals surface area contributed by atoms with Crippen molar-refractivity contribution in [3.05, 3.63) is 30.3 Å². The first-order chi connectivity index (χ1) is 13.1. The summed E-state index contributed by atoms with van der Waals surface area (Å²) in [6.45, 7) is 4.02. The predicted octanol–water partition coefficient (Wildman–Crippen LogP) is -0.301. The maximum absolute atomic E-state index is 12.7. The van der Waals surface area contributed by atoms with E-state index < -0.39 is 12.0 Å². The average molecular weight is 374 g/mol. The number of nitrogens with one attached hydrogen (secondary N) is 1. The van der Waals surface area contributed by atoms with Gasteiger partial charge in [0.15, 0.2) is 0 Å².